The van der Waals surface area contributed by atoms with Crippen LogP contribution in [0, 0.1) is 5.92 Å². The Balaban J connectivity index is 2.49. The first-order valence-electron chi connectivity index (χ1n) is 7.28. The molecule has 5 nitrogen and oxygen atoms in total. The number of hydrogen-bond donors (Lipinski definition) is 2. The lowest BCUT2D eigenvalue weighted by Crippen LogP contribution is -2.40. The van der Waals surface area contributed by atoms with Crippen molar-refractivity contribution in [2.24, 2.45) is 5.92 Å². The molecule has 2 N–H and O–H groups in total. The average Bonchev–Trinajstić information content (AvgIpc) is 2.49. The molecular formula is C16H23NO4. The third kappa shape index (κ3) is 6.29. The predicted octanol–water partition coefficient (Wildman–Crippen LogP) is 2.46. The summed E-state index contributed by atoms with van der Waals surface area (Å²) in [5, 5.41) is 11.6. The Morgan fingerprint density at radius 3 is 2.38 bits per heavy atom. The van der Waals surface area contributed by atoms with Crippen LogP contribution >= 0.6 is 0 Å². The van der Waals surface area contributed by atoms with Crippen LogP contribution in [-0.2, 0) is 9.59 Å². The summed E-state index contributed by atoms with van der Waals surface area (Å²) in [7, 11) is 0. The maximum Gasteiger partial charge on any atom is 0.303 e. The first-order chi connectivity index (χ1) is 10.1. The number of nitrogens with one attached hydrogen (secondary N) is 1. The van der Waals surface area contributed by atoms with Crippen molar-refractivity contribution < 1.29 is 19.4 Å². The minimum atomic E-state index is -0.844. The molecule has 0 saturated carbocycles. The summed E-state index contributed by atoms with van der Waals surface area (Å²) in [4.78, 5) is 22.8. The highest BCUT2D eigenvalue weighted by molar-refractivity contribution is 5.81. The summed E-state index contributed by atoms with van der Waals surface area (Å²) in [6.07, 6.45) is 0.765. The van der Waals surface area contributed by atoms with Crippen LogP contribution in [0.4, 0.5) is 0 Å². The van der Waals surface area contributed by atoms with Gasteiger partial charge in [-0.3, -0.25) is 9.59 Å². The van der Waals surface area contributed by atoms with Gasteiger partial charge in [-0.25, -0.2) is 0 Å². The fraction of sp³-hybridized carbons (Fsp3) is 0.500. The molecule has 1 aromatic rings. The van der Waals surface area contributed by atoms with Gasteiger partial charge in [0.15, 0.2) is 6.10 Å². The average molecular weight is 293 g/mol. The van der Waals surface area contributed by atoms with Crippen LogP contribution in [0.2, 0.25) is 0 Å². The second kappa shape index (κ2) is 9.00. The third-order valence-corrected chi connectivity index (χ3v) is 3.29. The zero-order chi connectivity index (χ0) is 15.7. The standard InChI is InChI=1S/C16H23NO4/c1-3-12(10-15(18)19)11-17-16(20)14(4-2)21-13-8-6-5-7-9-13/h5-9,12,14H,3-4,10-11H2,1-2H3,(H,17,20)(H,18,19). The van der Waals surface area contributed by atoms with Gasteiger partial charge in [-0.1, -0.05) is 38.5 Å². The molecule has 0 aliphatic heterocycles. The van der Waals surface area contributed by atoms with Gasteiger partial charge < -0.3 is 15.2 Å². The van der Waals surface area contributed by atoms with Crippen LogP contribution in [-0.4, -0.2) is 29.6 Å². The second-order valence-corrected chi connectivity index (χ2v) is 4.95. The minimum Gasteiger partial charge on any atom is -0.481 e. The summed E-state index contributed by atoms with van der Waals surface area (Å²) in [6.45, 7) is 4.15. The molecule has 5 heteroatoms. The fourth-order valence-electron chi connectivity index (χ4n) is 1.95. The van der Waals surface area contributed by atoms with Crippen LogP contribution in [0.5, 0.6) is 5.75 Å². The smallest absolute Gasteiger partial charge is 0.303 e. The molecule has 0 saturated heterocycles. The number of ether oxygens (including phenoxy) is 1. The van der Waals surface area contributed by atoms with Gasteiger partial charge in [-0.15, -0.1) is 0 Å². The number of benzene rings is 1. The SMILES string of the molecule is CCC(CNC(=O)C(CC)Oc1ccccc1)CC(=O)O. The molecule has 1 amide bonds. The Kier molecular flexibility index (Phi) is 7.29. The zero-order valence-corrected chi connectivity index (χ0v) is 12.5. The van der Waals surface area contributed by atoms with E-state index in [0.717, 1.165) is 0 Å². The number of carbonyl (C=O) groups is 2. The van der Waals surface area contributed by atoms with Gasteiger partial charge in [0.25, 0.3) is 5.91 Å². The van der Waals surface area contributed by atoms with E-state index in [1.54, 1.807) is 12.1 Å². The Bertz CT molecular complexity index is 447. The first-order valence-corrected chi connectivity index (χ1v) is 7.28. The molecule has 21 heavy (non-hydrogen) atoms. The van der Waals surface area contributed by atoms with Gasteiger partial charge in [0.1, 0.15) is 5.75 Å². The van der Waals surface area contributed by atoms with E-state index in [-0.39, 0.29) is 18.2 Å². The number of para-hydroxylation sites is 1. The van der Waals surface area contributed by atoms with Crippen molar-refractivity contribution in [3.05, 3.63) is 30.3 Å². The molecule has 0 aliphatic carbocycles. The van der Waals surface area contributed by atoms with E-state index in [2.05, 4.69) is 5.32 Å². The van der Waals surface area contributed by atoms with Gasteiger partial charge in [0.05, 0.1) is 0 Å². The maximum absolute atomic E-state index is 12.1. The number of aliphatic carboxylic acids is 1. The number of amides is 1. The van der Waals surface area contributed by atoms with Crippen LogP contribution in [0.3, 0.4) is 0 Å². The molecule has 0 aromatic heterocycles. The van der Waals surface area contributed by atoms with E-state index in [1.807, 2.05) is 32.0 Å². The number of rotatable bonds is 9. The van der Waals surface area contributed by atoms with Crippen molar-refractivity contribution in [3.63, 3.8) is 0 Å². The van der Waals surface area contributed by atoms with Gasteiger partial charge in [0, 0.05) is 13.0 Å². The Labute approximate surface area is 125 Å². The Hall–Kier alpha value is -2.04. The Morgan fingerprint density at radius 2 is 1.86 bits per heavy atom. The summed E-state index contributed by atoms with van der Waals surface area (Å²) in [5.74, 6) is -0.452. The lowest BCUT2D eigenvalue weighted by atomic mass is 10.0. The molecule has 2 unspecified atom stereocenters. The largest absolute Gasteiger partial charge is 0.481 e. The Morgan fingerprint density at radius 1 is 1.19 bits per heavy atom. The lowest BCUT2D eigenvalue weighted by Gasteiger charge is -2.19. The fourth-order valence-corrected chi connectivity index (χ4v) is 1.95. The van der Waals surface area contributed by atoms with Crippen molar-refractivity contribution in [3.8, 4) is 5.75 Å². The molecule has 1 rings (SSSR count). The summed E-state index contributed by atoms with van der Waals surface area (Å²) >= 11 is 0. The molecule has 1 aromatic carbocycles. The molecule has 2 atom stereocenters. The molecule has 0 fully saturated rings. The third-order valence-electron chi connectivity index (χ3n) is 3.29. The molecule has 116 valence electrons. The summed E-state index contributed by atoms with van der Waals surface area (Å²) < 4.78 is 5.64. The van der Waals surface area contributed by atoms with Gasteiger partial charge in [-0.05, 0) is 24.5 Å². The number of carbonyl (C=O) groups excluding carboxylic acids is 1. The minimum absolute atomic E-state index is 0.0549. The van der Waals surface area contributed by atoms with Gasteiger partial charge in [0.2, 0.25) is 0 Å². The van der Waals surface area contributed by atoms with Crippen LogP contribution in [0.25, 0.3) is 0 Å². The van der Waals surface area contributed by atoms with Crippen molar-refractivity contribution in [1.82, 2.24) is 5.32 Å². The summed E-state index contributed by atoms with van der Waals surface area (Å²) in [5.41, 5.74) is 0. The van der Waals surface area contributed by atoms with E-state index < -0.39 is 12.1 Å². The highest BCUT2D eigenvalue weighted by Crippen LogP contribution is 2.13. The van der Waals surface area contributed by atoms with E-state index in [1.165, 1.54) is 0 Å². The van der Waals surface area contributed by atoms with Crippen molar-refractivity contribution >= 4 is 11.9 Å². The van der Waals surface area contributed by atoms with E-state index in [4.69, 9.17) is 9.84 Å². The van der Waals surface area contributed by atoms with Crippen molar-refractivity contribution in [1.29, 1.82) is 0 Å². The van der Waals surface area contributed by atoms with Crippen LogP contribution in [0.15, 0.2) is 30.3 Å². The van der Waals surface area contributed by atoms with E-state index in [0.29, 0.717) is 25.1 Å². The van der Waals surface area contributed by atoms with Gasteiger partial charge in [-0.2, -0.15) is 0 Å². The quantitative estimate of drug-likeness (QED) is 0.733. The van der Waals surface area contributed by atoms with E-state index in [9.17, 15) is 9.59 Å². The maximum atomic E-state index is 12.1. The normalized spacial score (nSPS) is 13.2. The highest BCUT2D eigenvalue weighted by Gasteiger charge is 2.20. The highest BCUT2D eigenvalue weighted by atomic mass is 16.5. The van der Waals surface area contributed by atoms with Crippen molar-refractivity contribution in [2.45, 2.75) is 39.2 Å². The molecule has 0 aliphatic rings. The number of carboxylic acid groups (broad SMARTS) is 1. The number of hydrogen-bond acceptors (Lipinski definition) is 3. The van der Waals surface area contributed by atoms with Crippen molar-refractivity contribution in [2.75, 3.05) is 6.54 Å². The van der Waals surface area contributed by atoms with Crippen LogP contribution < -0.4 is 10.1 Å². The van der Waals surface area contributed by atoms with Crippen LogP contribution in [0.1, 0.15) is 33.1 Å². The second-order valence-electron chi connectivity index (χ2n) is 4.95. The molecule has 0 radical (unpaired) electrons. The zero-order valence-electron chi connectivity index (χ0n) is 12.5. The molecular weight excluding hydrogens is 270 g/mol. The monoisotopic (exact) mass is 293 g/mol. The molecule has 0 spiro atoms. The van der Waals surface area contributed by atoms with E-state index >= 15 is 0 Å². The topological polar surface area (TPSA) is 75.6 Å². The molecule has 0 heterocycles. The van der Waals surface area contributed by atoms with Gasteiger partial charge >= 0.3 is 5.97 Å². The molecule has 0 bridgehead atoms. The predicted molar refractivity (Wildman–Crippen MR) is 80.2 cm³/mol. The lowest BCUT2D eigenvalue weighted by molar-refractivity contribution is -0.138. The number of carboxylic acids is 1. The first kappa shape index (κ1) is 17.0. The summed E-state index contributed by atoms with van der Waals surface area (Å²) in [6, 6.07) is 9.18.